The van der Waals surface area contributed by atoms with E-state index >= 15 is 0 Å². The molecule has 3 atom stereocenters. The highest BCUT2D eigenvalue weighted by molar-refractivity contribution is 6.20. The maximum absolute atomic E-state index is 14.4. The highest BCUT2D eigenvalue weighted by Gasteiger charge is 2.38. The van der Waals surface area contributed by atoms with Crippen LogP contribution in [-0.4, -0.2) is 35.8 Å². The van der Waals surface area contributed by atoms with Crippen molar-refractivity contribution in [3.8, 4) is 0 Å². The number of fused-ring (bicyclic) bond motifs is 1. The van der Waals surface area contributed by atoms with E-state index in [1.54, 1.807) is 48.5 Å². The topological polar surface area (TPSA) is 82.0 Å². The fourth-order valence-electron chi connectivity index (χ4n) is 4.95. The number of hydrogen-bond acceptors (Lipinski definition) is 4. The summed E-state index contributed by atoms with van der Waals surface area (Å²) >= 11 is 0. The van der Waals surface area contributed by atoms with Gasteiger partial charge in [0.05, 0.1) is 29.0 Å². The normalized spacial score (nSPS) is 16.5. The smallest absolute Gasteiger partial charge is 0.387 e. The maximum atomic E-state index is 14.4. The quantitative estimate of drug-likeness (QED) is 0.279. The predicted molar refractivity (Wildman–Crippen MR) is 149 cm³/mol. The number of aliphatic hydroxyl groups is 1. The summed E-state index contributed by atoms with van der Waals surface area (Å²) in [6.45, 7) is 0. The number of nitrogens with zero attached hydrogens (tertiary/aromatic N) is 2. The van der Waals surface area contributed by atoms with Crippen LogP contribution in [0.25, 0.3) is 0 Å². The van der Waals surface area contributed by atoms with Crippen molar-refractivity contribution in [3.05, 3.63) is 137 Å². The van der Waals surface area contributed by atoms with Crippen molar-refractivity contribution < 1.29 is 36.6 Å². The number of likely N-dealkylation sites (N-methyl/N-ethyl adjacent to an activating group) is 1. The summed E-state index contributed by atoms with van der Waals surface area (Å²) in [5, 5.41) is 13.8. The van der Waals surface area contributed by atoms with Crippen LogP contribution in [0.4, 0.5) is 27.6 Å². The van der Waals surface area contributed by atoms with E-state index in [4.69, 9.17) is 0 Å². The number of aliphatic imine (C=N–C) groups is 1. The van der Waals surface area contributed by atoms with Crippen LogP contribution in [-0.2, 0) is 15.8 Å². The first kappa shape index (κ1) is 29.6. The van der Waals surface area contributed by atoms with Crippen LogP contribution in [0.3, 0.4) is 0 Å². The summed E-state index contributed by atoms with van der Waals surface area (Å²) < 4.78 is 67.6. The van der Waals surface area contributed by atoms with Crippen LogP contribution >= 0.6 is 0 Å². The van der Waals surface area contributed by atoms with E-state index in [9.17, 15) is 36.6 Å². The average molecular weight is 594 g/mol. The summed E-state index contributed by atoms with van der Waals surface area (Å²) in [6.07, 6.45) is -8.34. The van der Waals surface area contributed by atoms with Crippen LogP contribution in [0.5, 0.6) is 0 Å². The Hall–Kier alpha value is -4.90. The Bertz CT molecular complexity index is 1690. The first-order valence-corrected chi connectivity index (χ1v) is 13.1. The molecule has 0 unspecified atom stereocenters. The molecule has 4 aromatic carbocycles. The molecular weight excluding hydrogens is 569 g/mol. The molecule has 220 valence electrons. The van der Waals surface area contributed by atoms with Gasteiger partial charge in [-0.2, -0.15) is 13.2 Å². The molecule has 4 aromatic rings. The SMILES string of the molecule is CN1C(=O)[C@@H](NC(=O)[C@H](c2ccc(F)cc2)[C@@H](O)c2ccc(C(F)(F)F)c(F)c2)N=C(c2ccccc2)c2ccccc21. The highest BCUT2D eigenvalue weighted by Crippen LogP contribution is 2.36. The van der Waals surface area contributed by atoms with Crippen molar-refractivity contribution in [2.75, 3.05) is 11.9 Å². The maximum Gasteiger partial charge on any atom is 0.419 e. The molecule has 11 heteroatoms. The Kier molecular flexibility index (Phi) is 8.10. The van der Waals surface area contributed by atoms with Gasteiger partial charge in [0.1, 0.15) is 11.6 Å². The van der Waals surface area contributed by atoms with Gasteiger partial charge in [-0.05, 0) is 41.5 Å². The number of nitrogens with one attached hydrogen (secondary N) is 1. The fourth-order valence-corrected chi connectivity index (χ4v) is 4.95. The monoisotopic (exact) mass is 593 g/mol. The van der Waals surface area contributed by atoms with Gasteiger partial charge >= 0.3 is 6.18 Å². The van der Waals surface area contributed by atoms with Crippen LogP contribution in [0, 0.1) is 11.6 Å². The zero-order chi connectivity index (χ0) is 30.9. The lowest BCUT2D eigenvalue weighted by atomic mass is 9.87. The van der Waals surface area contributed by atoms with Crippen molar-refractivity contribution in [1.82, 2.24) is 5.32 Å². The van der Waals surface area contributed by atoms with E-state index in [1.165, 1.54) is 24.1 Å². The lowest BCUT2D eigenvalue weighted by Gasteiger charge is -2.26. The number of hydrogen-bond donors (Lipinski definition) is 2. The molecule has 0 aliphatic carbocycles. The van der Waals surface area contributed by atoms with Gasteiger partial charge in [-0.3, -0.25) is 9.59 Å². The van der Waals surface area contributed by atoms with Crippen molar-refractivity contribution in [3.63, 3.8) is 0 Å². The summed E-state index contributed by atoms with van der Waals surface area (Å²) in [5.41, 5.74) is 0.409. The minimum absolute atomic E-state index is 0.0664. The Balaban J connectivity index is 1.55. The largest absolute Gasteiger partial charge is 0.419 e. The number of halogens is 5. The van der Waals surface area contributed by atoms with Gasteiger partial charge in [0.25, 0.3) is 5.91 Å². The van der Waals surface area contributed by atoms with Crippen molar-refractivity contribution in [1.29, 1.82) is 0 Å². The third kappa shape index (κ3) is 6.02. The van der Waals surface area contributed by atoms with Crippen molar-refractivity contribution in [2.45, 2.75) is 24.4 Å². The third-order valence-electron chi connectivity index (χ3n) is 7.14. The number of amides is 2. The first-order valence-electron chi connectivity index (χ1n) is 13.1. The molecule has 0 saturated heterocycles. The summed E-state index contributed by atoms with van der Waals surface area (Å²) in [7, 11) is 1.51. The standard InChI is InChI=1S/C32H24F5N3O3/c1-40-25-10-6-5-9-22(25)27(19-7-3-2-4-8-19)38-29(31(40)43)39-30(42)26(18-11-14-21(33)15-12-18)28(41)20-13-16-23(24(34)17-20)32(35,36)37/h2-17,26,28-29,41H,1H3,(H,39,42)/t26-,28+,29-/m1/s1. The second-order valence-corrected chi connectivity index (χ2v) is 9.88. The number of rotatable bonds is 6. The molecule has 0 bridgehead atoms. The van der Waals surface area contributed by atoms with Gasteiger partial charge in [0, 0.05) is 18.2 Å². The number of alkyl halides is 3. The molecule has 1 heterocycles. The number of para-hydroxylation sites is 1. The van der Waals surface area contributed by atoms with Crippen LogP contribution in [0.15, 0.2) is 102 Å². The minimum Gasteiger partial charge on any atom is -0.387 e. The Morgan fingerprint density at radius 2 is 1.53 bits per heavy atom. The predicted octanol–water partition coefficient (Wildman–Crippen LogP) is 5.76. The number of benzene rings is 4. The van der Waals surface area contributed by atoms with E-state index < -0.39 is 53.4 Å². The van der Waals surface area contributed by atoms with E-state index in [2.05, 4.69) is 10.3 Å². The van der Waals surface area contributed by atoms with E-state index in [-0.39, 0.29) is 11.1 Å². The van der Waals surface area contributed by atoms with Gasteiger partial charge in [0.15, 0.2) is 0 Å². The van der Waals surface area contributed by atoms with E-state index in [1.807, 2.05) is 6.07 Å². The van der Waals surface area contributed by atoms with E-state index in [0.717, 1.165) is 18.2 Å². The average Bonchev–Trinajstić information content (AvgIpc) is 3.08. The van der Waals surface area contributed by atoms with Crippen molar-refractivity contribution >= 4 is 23.2 Å². The van der Waals surface area contributed by atoms with Crippen LogP contribution < -0.4 is 10.2 Å². The number of aliphatic hydroxyl groups excluding tert-OH is 1. The molecule has 2 N–H and O–H groups in total. The van der Waals surface area contributed by atoms with Crippen LogP contribution in [0.1, 0.15) is 39.8 Å². The lowest BCUT2D eigenvalue weighted by Crippen LogP contribution is -2.48. The molecule has 0 aromatic heterocycles. The molecule has 0 saturated carbocycles. The molecule has 1 aliphatic heterocycles. The van der Waals surface area contributed by atoms with Crippen molar-refractivity contribution in [2.24, 2.45) is 4.99 Å². The molecule has 6 nitrogen and oxygen atoms in total. The van der Waals surface area contributed by atoms with Gasteiger partial charge in [-0.15, -0.1) is 0 Å². The highest BCUT2D eigenvalue weighted by atomic mass is 19.4. The summed E-state index contributed by atoms with van der Waals surface area (Å²) in [4.78, 5) is 33.3. The summed E-state index contributed by atoms with van der Waals surface area (Å²) in [6, 6.07) is 22.3. The Labute approximate surface area is 243 Å². The molecule has 2 amide bonds. The molecular formula is C32H24F5N3O3. The summed E-state index contributed by atoms with van der Waals surface area (Å²) in [5.74, 6) is -5.44. The molecule has 43 heavy (non-hydrogen) atoms. The Morgan fingerprint density at radius 1 is 0.907 bits per heavy atom. The fraction of sp³-hybridized carbons (Fsp3) is 0.156. The number of carbonyl (C=O) groups is 2. The second-order valence-electron chi connectivity index (χ2n) is 9.88. The molecule has 5 rings (SSSR count). The number of carbonyl (C=O) groups excluding carboxylic acids is 2. The molecule has 0 radical (unpaired) electrons. The zero-order valence-electron chi connectivity index (χ0n) is 22.5. The van der Waals surface area contributed by atoms with Crippen LogP contribution in [0.2, 0.25) is 0 Å². The van der Waals surface area contributed by atoms with Gasteiger partial charge < -0.3 is 15.3 Å². The number of benzodiazepines with no additional fused rings is 1. The molecule has 1 aliphatic rings. The van der Waals surface area contributed by atoms with Gasteiger partial charge in [-0.1, -0.05) is 66.7 Å². The minimum atomic E-state index is -4.97. The third-order valence-corrected chi connectivity index (χ3v) is 7.14. The van der Waals surface area contributed by atoms with Gasteiger partial charge in [-0.25, -0.2) is 13.8 Å². The number of anilines is 1. The van der Waals surface area contributed by atoms with E-state index in [0.29, 0.717) is 34.7 Å². The molecule has 0 spiro atoms. The Morgan fingerprint density at radius 3 is 2.19 bits per heavy atom. The second kappa shape index (κ2) is 11.8. The first-order chi connectivity index (χ1) is 20.5. The van der Waals surface area contributed by atoms with Gasteiger partial charge in [0.2, 0.25) is 12.1 Å². The lowest BCUT2D eigenvalue weighted by molar-refractivity contribution is -0.140. The zero-order valence-corrected chi connectivity index (χ0v) is 22.5. The molecule has 0 fully saturated rings.